The number of nitrogens with one attached hydrogen (secondary N) is 2. The van der Waals surface area contributed by atoms with Crippen LogP contribution in [0, 0.1) is 5.82 Å². The first-order chi connectivity index (χ1) is 14.6. The van der Waals surface area contributed by atoms with Crippen molar-refractivity contribution in [3.05, 3.63) is 81.0 Å². The molecule has 0 unspecified atom stereocenters. The Kier molecular flexibility index (Phi) is 6.96. The van der Waals surface area contributed by atoms with Gasteiger partial charge in [-0.3, -0.25) is 9.52 Å². The van der Waals surface area contributed by atoms with Crippen molar-refractivity contribution in [2.24, 2.45) is 0 Å². The van der Waals surface area contributed by atoms with Crippen molar-refractivity contribution in [1.29, 1.82) is 0 Å². The molecule has 11 heteroatoms. The monoisotopic (exact) mass is 502 g/mol. The highest BCUT2D eigenvalue weighted by Gasteiger charge is 2.19. The minimum Gasteiger partial charge on any atom is -0.495 e. The summed E-state index contributed by atoms with van der Waals surface area (Å²) in [6.07, 6.45) is 0. The molecule has 0 fully saturated rings. The number of methoxy groups -OCH3 is 1. The summed E-state index contributed by atoms with van der Waals surface area (Å²) in [7, 11) is -2.69. The van der Waals surface area contributed by atoms with Gasteiger partial charge in [0.2, 0.25) is 0 Å². The molecular formula is C20H14Cl3FN2O4S. The van der Waals surface area contributed by atoms with Crippen LogP contribution in [-0.2, 0) is 10.0 Å². The highest BCUT2D eigenvalue weighted by Crippen LogP contribution is 2.29. The molecule has 162 valence electrons. The zero-order valence-electron chi connectivity index (χ0n) is 15.7. The molecule has 3 rings (SSSR count). The fourth-order valence-corrected chi connectivity index (χ4v) is 4.38. The lowest BCUT2D eigenvalue weighted by atomic mass is 10.2. The molecule has 0 atom stereocenters. The van der Waals surface area contributed by atoms with Crippen LogP contribution in [0.4, 0.5) is 15.8 Å². The Morgan fingerprint density at radius 3 is 2.32 bits per heavy atom. The predicted octanol–water partition coefficient (Wildman–Crippen LogP) is 5.85. The zero-order chi connectivity index (χ0) is 22.8. The Morgan fingerprint density at radius 1 is 0.968 bits per heavy atom. The van der Waals surface area contributed by atoms with Crippen molar-refractivity contribution < 1.29 is 22.3 Å². The van der Waals surface area contributed by atoms with E-state index in [-0.39, 0.29) is 31.9 Å². The summed E-state index contributed by atoms with van der Waals surface area (Å²) in [5.41, 5.74) is 0.0312. The van der Waals surface area contributed by atoms with Crippen LogP contribution < -0.4 is 14.8 Å². The molecule has 0 bridgehead atoms. The molecule has 0 radical (unpaired) electrons. The number of carbonyl (C=O) groups is 1. The molecule has 0 saturated carbocycles. The van der Waals surface area contributed by atoms with Crippen LogP contribution in [0.1, 0.15) is 10.4 Å². The zero-order valence-corrected chi connectivity index (χ0v) is 18.8. The van der Waals surface area contributed by atoms with Gasteiger partial charge >= 0.3 is 0 Å². The Hall–Kier alpha value is -2.52. The highest BCUT2D eigenvalue weighted by atomic mass is 35.5. The third kappa shape index (κ3) is 5.40. The van der Waals surface area contributed by atoms with Gasteiger partial charge in [-0.1, -0.05) is 34.8 Å². The van der Waals surface area contributed by atoms with E-state index in [0.717, 1.165) is 18.2 Å². The Labute approximate surface area is 192 Å². The second-order valence-corrected chi connectivity index (χ2v) is 9.11. The van der Waals surface area contributed by atoms with Crippen molar-refractivity contribution in [3.63, 3.8) is 0 Å². The number of benzene rings is 3. The lowest BCUT2D eigenvalue weighted by Crippen LogP contribution is -2.16. The maximum absolute atomic E-state index is 14.5. The number of carbonyl (C=O) groups excluding carboxylic acids is 1. The maximum atomic E-state index is 14.5. The van der Waals surface area contributed by atoms with E-state index in [2.05, 4.69) is 10.0 Å². The van der Waals surface area contributed by atoms with Crippen molar-refractivity contribution in [2.75, 3.05) is 17.1 Å². The van der Waals surface area contributed by atoms with E-state index < -0.39 is 21.7 Å². The standard InChI is InChI=1S/C20H14Cl3FN2O4S/c1-30-19-7-3-12(9-16(19)23)26-31(28,29)13-4-6-18(17(24)10-13)25-20(27)14-5-2-11(21)8-15(14)22/h2-10,26H,1H3,(H,25,27). The van der Waals surface area contributed by atoms with Crippen LogP contribution in [0.3, 0.4) is 0 Å². The summed E-state index contributed by atoms with van der Waals surface area (Å²) >= 11 is 17.8. The van der Waals surface area contributed by atoms with Gasteiger partial charge in [-0.05, 0) is 54.6 Å². The average Bonchev–Trinajstić information content (AvgIpc) is 2.69. The van der Waals surface area contributed by atoms with E-state index in [4.69, 9.17) is 39.5 Å². The molecule has 3 aromatic rings. The number of amides is 1. The minimum atomic E-state index is -4.12. The maximum Gasteiger partial charge on any atom is 0.261 e. The summed E-state index contributed by atoms with van der Waals surface area (Å²) in [6, 6.07) is 11.6. The molecule has 0 aliphatic rings. The van der Waals surface area contributed by atoms with E-state index in [0.29, 0.717) is 10.8 Å². The van der Waals surface area contributed by atoms with Crippen LogP contribution >= 0.6 is 34.8 Å². The first-order valence-corrected chi connectivity index (χ1v) is 11.1. The van der Waals surface area contributed by atoms with Gasteiger partial charge in [-0.25, -0.2) is 12.8 Å². The summed E-state index contributed by atoms with van der Waals surface area (Å²) in [4.78, 5) is 12.0. The molecule has 0 spiro atoms. The average molecular weight is 504 g/mol. The number of sulfonamides is 1. The molecule has 1 amide bonds. The number of anilines is 2. The number of rotatable bonds is 6. The third-order valence-corrected chi connectivity index (χ3v) is 6.30. The molecule has 2 N–H and O–H groups in total. The summed E-state index contributed by atoms with van der Waals surface area (Å²) in [5, 5.41) is 2.98. The van der Waals surface area contributed by atoms with Crippen molar-refractivity contribution in [2.45, 2.75) is 4.90 Å². The lowest BCUT2D eigenvalue weighted by molar-refractivity contribution is 0.102. The van der Waals surface area contributed by atoms with Crippen LogP contribution in [0.25, 0.3) is 0 Å². The third-order valence-electron chi connectivity index (χ3n) is 4.08. The number of halogens is 4. The van der Waals surface area contributed by atoms with Crippen LogP contribution in [-0.4, -0.2) is 21.4 Å². The molecule has 0 saturated heterocycles. The predicted molar refractivity (Wildman–Crippen MR) is 120 cm³/mol. The first-order valence-electron chi connectivity index (χ1n) is 8.53. The van der Waals surface area contributed by atoms with Gasteiger partial charge in [0, 0.05) is 5.02 Å². The molecule has 0 heterocycles. The first kappa shape index (κ1) is 23.1. The molecule has 31 heavy (non-hydrogen) atoms. The van der Waals surface area contributed by atoms with Gasteiger partial charge in [0.05, 0.1) is 39.0 Å². The SMILES string of the molecule is COc1ccc(NS(=O)(=O)c2ccc(NC(=O)c3ccc(Cl)cc3Cl)c(F)c2)cc1Cl. The molecule has 3 aromatic carbocycles. The van der Waals surface area contributed by atoms with E-state index >= 15 is 0 Å². The second-order valence-electron chi connectivity index (χ2n) is 6.17. The Bertz CT molecular complexity index is 1270. The quantitative estimate of drug-likeness (QED) is 0.442. The molecule has 0 aliphatic heterocycles. The van der Waals surface area contributed by atoms with Crippen LogP contribution in [0.15, 0.2) is 59.5 Å². The topological polar surface area (TPSA) is 84.5 Å². The number of ether oxygens (including phenoxy) is 1. The van der Waals surface area contributed by atoms with E-state index in [9.17, 15) is 17.6 Å². The molecule has 0 aromatic heterocycles. The van der Waals surface area contributed by atoms with Crippen LogP contribution in [0.5, 0.6) is 5.75 Å². The fourth-order valence-electron chi connectivity index (χ4n) is 2.57. The smallest absolute Gasteiger partial charge is 0.261 e. The minimum absolute atomic E-state index is 0.0835. The fraction of sp³-hybridized carbons (Fsp3) is 0.0500. The summed E-state index contributed by atoms with van der Waals surface area (Å²) in [6.45, 7) is 0. The van der Waals surface area contributed by atoms with Gasteiger partial charge in [0.15, 0.2) is 0 Å². The Morgan fingerprint density at radius 2 is 1.71 bits per heavy atom. The molecule has 6 nitrogen and oxygen atoms in total. The van der Waals surface area contributed by atoms with E-state index in [1.165, 1.54) is 43.5 Å². The largest absolute Gasteiger partial charge is 0.495 e. The van der Waals surface area contributed by atoms with Crippen molar-refractivity contribution in [3.8, 4) is 5.75 Å². The number of hydrogen-bond donors (Lipinski definition) is 2. The van der Waals surface area contributed by atoms with Crippen molar-refractivity contribution in [1.82, 2.24) is 0 Å². The van der Waals surface area contributed by atoms with Crippen LogP contribution in [0.2, 0.25) is 15.1 Å². The molecule has 0 aliphatic carbocycles. The molecular weight excluding hydrogens is 490 g/mol. The van der Waals surface area contributed by atoms with Gasteiger partial charge < -0.3 is 10.1 Å². The lowest BCUT2D eigenvalue weighted by Gasteiger charge is -2.12. The second kappa shape index (κ2) is 9.32. The number of hydrogen-bond acceptors (Lipinski definition) is 4. The van der Waals surface area contributed by atoms with Gasteiger partial charge in [-0.15, -0.1) is 0 Å². The summed E-state index contributed by atoms with van der Waals surface area (Å²) < 4.78 is 47.0. The normalized spacial score (nSPS) is 11.1. The van der Waals surface area contributed by atoms with Gasteiger partial charge in [-0.2, -0.15) is 0 Å². The summed E-state index contributed by atoms with van der Waals surface area (Å²) in [5.74, 6) is -1.26. The Balaban J connectivity index is 1.80. The van der Waals surface area contributed by atoms with E-state index in [1.54, 1.807) is 0 Å². The highest BCUT2D eigenvalue weighted by molar-refractivity contribution is 7.92. The van der Waals surface area contributed by atoms with Gasteiger partial charge in [0.1, 0.15) is 11.6 Å². The van der Waals surface area contributed by atoms with Gasteiger partial charge in [0.25, 0.3) is 15.9 Å². The van der Waals surface area contributed by atoms with E-state index in [1.807, 2.05) is 0 Å². The van der Waals surface area contributed by atoms with Crippen molar-refractivity contribution >= 4 is 62.1 Å².